The van der Waals surface area contributed by atoms with Crippen LogP contribution < -0.4 is 5.32 Å². The minimum Gasteiger partial charge on any atom is -0.322 e. The number of amides is 1. The Labute approximate surface area is 165 Å². The summed E-state index contributed by atoms with van der Waals surface area (Å²) in [5.41, 5.74) is -0.490. The summed E-state index contributed by atoms with van der Waals surface area (Å²) in [6.45, 7) is 0. The zero-order valence-electron chi connectivity index (χ0n) is 14.6. The molecule has 0 spiro atoms. The highest BCUT2D eigenvalue weighted by Crippen LogP contribution is 2.29. The summed E-state index contributed by atoms with van der Waals surface area (Å²) in [5, 5.41) is 2.17. The predicted molar refractivity (Wildman–Crippen MR) is 99.7 cm³/mol. The number of carbonyl (C=O) groups is 1. The van der Waals surface area contributed by atoms with Crippen molar-refractivity contribution >= 4 is 33.0 Å². The van der Waals surface area contributed by atoms with Crippen molar-refractivity contribution in [2.45, 2.75) is 30.6 Å². The highest BCUT2D eigenvalue weighted by Gasteiger charge is 2.25. The molecule has 0 radical (unpaired) electrons. The van der Waals surface area contributed by atoms with E-state index in [-0.39, 0.29) is 32.8 Å². The van der Waals surface area contributed by atoms with Crippen molar-refractivity contribution in [2.24, 2.45) is 5.92 Å². The summed E-state index contributed by atoms with van der Waals surface area (Å²) in [6.07, 6.45) is 3.70. The maximum Gasteiger partial charge on any atom is 0.257 e. The molecule has 0 aromatic heterocycles. The lowest BCUT2D eigenvalue weighted by Crippen LogP contribution is -2.17. The van der Waals surface area contributed by atoms with E-state index in [2.05, 4.69) is 5.32 Å². The first kappa shape index (κ1) is 20.7. The van der Waals surface area contributed by atoms with E-state index in [1.807, 2.05) is 0 Å². The van der Waals surface area contributed by atoms with Crippen LogP contribution in [0.1, 0.15) is 36.0 Å². The maximum atomic E-state index is 13.3. The average Bonchev–Trinajstić information content (AvgIpc) is 3.12. The van der Waals surface area contributed by atoms with Crippen molar-refractivity contribution in [1.29, 1.82) is 0 Å². The first-order chi connectivity index (χ1) is 13.2. The Morgan fingerprint density at radius 2 is 1.68 bits per heavy atom. The lowest BCUT2D eigenvalue weighted by molar-refractivity contribution is 0.102. The summed E-state index contributed by atoms with van der Waals surface area (Å²) >= 11 is 6.00. The van der Waals surface area contributed by atoms with Gasteiger partial charge in [0, 0.05) is 17.8 Å². The second-order valence-electron chi connectivity index (χ2n) is 6.78. The fraction of sp³-hybridized carbons (Fsp3) is 0.316. The summed E-state index contributed by atoms with van der Waals surface area (Å²) in [6, 6.07) is 4.97. The Morgan fingerprint density at radius 3 is 2.29 bits per heavy atom. The van der Waals surface area contributed by atoms with Gasteiger partial charge in [-0.05, 0) is 37.0 Å². The van der Waals surface area contributed by atoms with E-state index >= 15 is 0 Å². The molecule has 1 N–H and O–H groups in total. The van der Waals surface area contributed by atoms with Crippen LogP contribution in [0.15, 0.2) is 35.2 Å². The topological polar surface area (TPSA) is 63.2 Å². The monoisotopic (exact) mass is 431 g/mol. The molecular weight excluding hydrogens is 415 g/mol. The molecule has 28 heavy (non-hydrogen) atoms. The lowest BCUT2D eigenvalue weighted by atomic mass is 10.1. The molecule has 1 amide bonds. The Kier molecular flexibility index (Phi) is 6.00. The first-order valence-electron chi connectivity index (χ1n) is 8.65. The van der Waals surface area contributed by atoms with Crippen molar-refractivity contribution in [3.63, 3.8) is 0 Å². The molecular formula is C19H17ClF3NO3S. The molecule has 4 nitrogen and oxygen atoms in total. The van der Waals surface area contributed by atoms with Crippen LogP contribution in [0.4, 0.5) is 18.9 Å². The molecule has 1 aliphatic carbocycles. The van der Waals surface area contributed by atoms with Crippen molar-refractivity contribution < 1.29 is 26.4 Å². The molecule has 2 aromatic rings. The zero-order valence-corrected chi connectivity index (χ0v) is 16.2. The summed E-state index contributed by atoms with van der Waals surface area (Å²) in [4.78, 5) is 12.4. The van der Waals surface area contributed by atoms with Gasteiger partial charge in [-0.25, -0.2) is 21.6 Å². The molecule has 0 aliphatic heterocycles. The van der Waals surface area contributed by atoms with Crippen LogP contribution in [0, 0.1) is 23.4 Å². The summed E-state index contributed by atoms with van der Waals surface area (Å²) in [7, 11) is -3.62. The molecule has 1 fully saturated rings. The number of carbonyl (C=O) groups excluding carboxylic acids is 1. The third-order valence-electron chi connectivity index (χ3n) is 4.71. The van der Waals surface area contributed by atoms with Crippen LogP contribution in [0.3, 0.4) is 0 Å². The fourth-order valence-electron chi connectivity index (χ4n) is 3.28. The van der Waals surface area contributed by atoms with Crippen LogP contribution in [0.2, 0.25) is 5.02 Å². The molecule has 0 atom stereocenters. The number of sulfone groups is 1. The minimum atomic E-state index is -3.62. The SMILES string of the molecule is O=C(Nc1cc(F)c(F)c(F)c1)c1cc(S(=O)(=O)CC2CCCC2)ccc1Cl. The largest absolute Gasteiger partial charge is 0.322 e. The molecule has 0 heterocycles. The van der Waals surface area contributed by atoms with Gasteiger partial charge >= 0.3 is 0 Å². The number of nitrogens with one attached hydrogen (secondary N) is 1. The average molecular weight is 432 g/mol. The highest BCUT2D eigenvalue weighted by atomic mass is 35.5. The van der Waals surface area contributed by atoms with Gasteiger partial charge in [0.1, 0.15) is 0 Å². The van der Waals surface area contributed by atoms with E-state index in [0.29, 0.717) is 12.1 Å². The van der Waals surface area contributed by atoms with Crippen LogP contribution >= 0.6 is 11.6 Å². The van der Waals surface area contributed by atoms with Crippen molar-refractivity contribution in [3.05, 3.63) is 58.4 Å². The normalized spacial score (nSPS) is 15.0. The second-order valence-corrected chi connectivity index (χ2v) is 9.22. The molecule has 3 rings (SSSR count). The van der Waals surface area contributed by atoms with E-state index in [1.165, 1.54) is 12.1 Å². The van der Waals surface area contributed by atoms with Gasteiger partial charge in [-0.3, -0.25) is 4.79 Å². The highest BCUT2D eigenvalue weighted by molar-refractivity contribution is 7.91. The molecule has 1 saturated carbocycles. The number of rotatable bonds is 5. The smallest absolute Gasteiger partial charge is 0.257 e. The van der Waals surface area contributed by atoms with E-state index in [1.54, 1.807) is 0 Å². The summed E-state index contributed by atoms with van der Waals surface area (Å²) in [5.74, 6) is -5.37. The quantitative estimate of drug-likeness (QED) is 0.679. The van der Waals surface area contributed by atoms with Crippen LogP contribution in [-0.4, -0.2) is 20.1 Å². The number of anilines is 1. The number of hydrogen-bond donors (Lipinski definition) is 1. The Bertz CT molecular complexity index is 998. The zero-order chi connectivity index (χ0) is 20.5. The Morgan fingerprint density at radius 1 is 1.07 bits per heavy atom. The van der Waals surface area contributed by atoms with Crippen LogP contribution in [0.25, 0.3) is 0 Å². The van der Waals surface area contributed by atoms with Gasteiger partial charge in [0.15, 0.2) is 27.3 Å². The van der Waals surface area contributed by atoms with Crippen molar-refractivity contribution in [2.75, 3.05) is 11.1 Å². The molecule has 150 valence electrons. The standard InChI is InChI=1S/C19H17ClF3NO3S/c20-15-6-5-13(28(26,27)10-11-3-1-2-4-11)9-14(15)19(25)24-12-7-16(21)18(23)17(22)8-12/h5-9,11H,1-4,10H2,(H,24,25). The third-order valence-corrected chi connectivity index (χ3v) is 6.93. The number of halogens is 4. The van der Waals surface area contributed by atoms with E-state index in [4.69, 9.17) is 11.6 Å². The predicted octanol–water partition coefficient (Wildman–Crippen LogP) is 4.97. The van der Waals surface area contributed by atoms with Gasteiger partial charge in [-0.2, -0.15) is 0 Å². The molecule has 0 unspecified atom stereocenters. The molecule has 1 aliphatic rings. The molecule has 2 aromatic carbocycles. The van der Waals surface area contributed by atoms with Gasteiger partial charge in [-0.15, -0.1) is 0 Å². The Hall–Kier alpha value is -2.06. The van der Waals surface area contributed by atoms with E-state index in [0.717, 1.165) is 31.7 Å². The number of hydrogen-bond acceptors (Lipinski definition) is 3. The number of benzene rings is 2. The first-order valence-corrected chi connectivity index (χ1v) is 10.7. The molecule has 0 saturated heterocycles. The lowest BCUT2D eigenvalue weighted by Gasteiger charge is -2.12. The fourth-order valence-corrected chi connectivity index (χ4v) is 5.20. The van der Waals surface area contributed by atoms with Gasteiger partial charge in [0.05, 0.1) is 21.2 Å². The van der Waals surface area contributed by atoms with Crippen molar-refractivity contribution in [1.82, 2.24) is 0 Å². The molecule has 9 heteroatoms. The maximum absolute atomic E-state index is 13.3. The third kappa shape index (κ3) is 4.50. The minimum absolute atomic E-state index is 0.00985. The van der Waals surface area contributed by atoms with Gasteiger partial charge < -0.3 is 5.32 Å². The van der Waals surface area contributed by atoms with Crippen LogP contribution in [0.5, 0.6) is 0 Å². The van der Waals surface area contributed by atoms with Crippen LogP contribution in [-0.2, 0) is 9.84 Å². The molecule has 0 bridgehead atoms. The summed E-state index contributed by atoms with van der Waals surface area (Å²) < 4.78 is 65.0. The second kappa shape index (κ2) is 8.13. The van der Waals surface area contributed by atoms with E-state index < -0.39 is 33.2 Å². The Balaban J connectivity index is 1.85. The van der Waals surface area contributed by atoms with Gasteiger partial charge in [0.25, 0.3) is 5.91 Å². The van der Waals surface area contributed by atoms with Gasteiger partial charge in [0.2, 0.25) is 0 Å². The van der Waals surface area contributed by atoms with Gasteiger partial charge in [-0.1, -0.05) is 24.4 Å². The van der Waals surface area contributed by atoms with E-state index in [9.17, 15) is 26.4 Å². The van der Waals surface area contributed by atoms with Crippen molar-refractivity contribution in [3.8, 4) is 0 Å².